The summed E-state index contributed by atoms with van der Waals surface area (Å²) in [5, 5.41) is 22.7. The van der Waals surface area contributed by atoms with Crippen LogP contribution in [0.2, 0.25) is 5.02 Å². The summed E-state index contributed by atoms with van der Waals surface area (Å²) in [6.45, 7) is 19.9. The SMILES string of the molecule is Cc1cc(Nc2ncc(Cl)c(Nc3ccccc3S(=O)(=O)C(C)C)n2)c(OC(C)C)cc1C1CCN(CCCCC(=O)N[C@H](C(=O)N2C[C@H](O)C[C@H]2C(=O)NCc2ccc(-c3scnc3C)cc2)C(C)(C)C)CC1. The molecular formula is C55H72ClN9O7S2. The molecule has 19 heteroatoms. The number of benzene rings is 3. The number of aliphatic hydroxyl groups is 1. The van der Waals surface area contributed by atoms with Gasteiger partial charge in [0.1, 0.15) is 22.9 Å². The molecule has 7 rings (SSSR count). The summed E-state index contributed by atoms with van der Waals surface area (Å²) < 4.78 is 32.6. The molecule has 2 saturated heterocycles. The minimum Gasteiger partial charge on any atom is -0.489 e. The van der Waals surface area contributed by atoms with Gasteiger partial charge in [0.15, 0.2) is 15.7 Å². The summed E-state index contributed by atoms with van der Waals surface area (Å²) in [4.78, 5) is 59.7. The minimum absolute atomic E-state index is 0.0154. The van der Waals surface area contributed by atoms with E-state index in [2.05, 4.69) is 60.2 Å². The molecule has 16 nitrogen and oxygen atoms in total. The summed E-state index contributed by atoms with van der Waals surface area (Å²) in [6.07, 6.45) is 4.27. The van der Waals surface area contributed by atoms with E-state index in [0.29, 0.717) is 29.5 Å². The molecular weight excluding hydrogens is 998 g/mol. The average molecular weight is 1070 g/mol. The number of ether oxygens (including phenoxy) is 1. The van der Waals surface area contributed by atoms with Crippen LogP contribution in [0.1, 0.15) is 115 Å². The number of amides is 3. The third kappa shape index (κ3) is 14.0. The van der Waals surface area contributed by atoms with Crippen molar-refractivity contribution in [3.05, 3.63) is 99.8 Å². The number of hydrogen-bond donors (Lipinski definition) is 5. The van der Waals surface area contributed by atoms with Gasteiger partial charge >= 0.3 is 0 Å². The number of unbranched alkanes of at least 4 members (excludes halogenated alkanes) is 1. The van der Waals surface area contributed by atoms with Crippen LogP contribution in [-0.2, 0) is 30.8 Å². The van der Waals surface area contributed by atoms with Crippen LogP contribution < -0.4 is 26.0 Å². The Hall–Kier alpha value is -5.66. The first kappa shape index (κ1) is 56.1. The summed E-state index contributed by atoms with van der Waals surface area (Å²) in [5.41, 5.74) is 7.47. The molecule has 0 unspecified atom stereocenters. The Balaban J connectivity index is 0.895. The van der Waals surface area contributed by atoms with Gasteiger partial charge in [-0.1, -0.05) is 68.8 Å². The fourth-order valence-electron chi connectivity index (χ4n) is 9.53. The van der Waals surface area contributed by atoms with Gasteiger partial charge in [0.25, 0.3) is 0 Å². The molecule has 3 aromatic carbocycles. The number of aliphatic hydroxyl groups excluding tert-OH is 1. The standard InChI is InChI=1S/C55H72ClN9O7S2/c1-33(2)72-46-28-41(35(5)26-44(46)61-54-58-30-42(56)51(63-54)60-43-14-10-11-15-47(43)74(70,71)34(3)4)38-21-24-64(25-22-38)23-13-12-16-48(67)62-50(55(7,8)9)53(69)65-31-40(66)27-45(65)52(68)57-29-37-17-19-39(20-18-37)49-36(6)59-32-73-49/h10-11,14-15,17-20,26,28,30,32-34,38,40,45,50,66H,12-13,16,21-25,27,29,31H2,1-9H3,(H,57,68)(H,62,67)(H2,58,60,61,63)/t40-,45+,50-/m1/s1. The molecule has 0 radical (unpaired) electrons. The summed E-state index contributed by atoms with van der Waals surface area (Å²) in [5.74, 6) is 0.547. The van der Waals surface area contributed by atoms with Crippen molar-refractivity contribution in [2.75, 3.05) is 36.8 Å². The first-order valence-electron chi connectivity index (χ1n) is 25.6. The number of sulfone groups is 1. The number of carbonyl (C=O) groups is 3. The molecule has 5 aromatic rings. The fraction of sp³-hybridized carbons (Fsp3) is 0.491. The lowest BCUT2D eigenvalue weighted by Gasteiger charge is -2.35. The Bertz CT molecular complexity index is 2880. The number of aryl methyl sites for hydroxylation is 2. The molecule has 0 saturated carbocycles. The number of β-amino-alcohol motifs (C(OH)–C–C–N with tert-alkyl or cyclic N) is 1. The Morgan fingerprint density at radius 2 is 1.66 bits per heavy atom. The van der Waals surface area contributed by atoms with E-state index in [1.807, 2.05) is 71.3 Å². The molecule has 0 bridgehead atoms. The van der Waals surface area contributed by atoms with Gasteiger partial charge in [-0.05, 0) is 145 Å². The highest BCUT2D eigenvalue weighted by Crippen LogP contribution is 2.39. The van der Waals surface area contributed by atoms with Gasteiger partial charge in [-0.15, -0.1) is 11.3 Å². The number of hydrogen-bond acceptors (Lipinski definition) is 14. The maximum atomic E-state index is 14.2. The van der Waals surface area contributed by atoms with Crippen LogP contribution in [0.4, 0.5) is 23.1 Å². The van der Waals surface area contributed by atoms with Crippen molar-refractivity contribution in [3.8, 4) is 16.2 Å². The molecule has 0 aliphatic carbocycles. The van der Waals surface area contributed by atoms with Crippen molar-refractivity contribution in [2.45, 2.75) is 148 Å². The zero-order chi connectivity index (χ0) is 53.5. The van der Waals surface area contributed by atoms with E-state index in [4.69, 9.17) is 16.3 Å². The van der Waals surface area contributed by atoms with Crippen molar-refractivity contribution in [1.82, 2.24) is 35.4 Å². The summed E-state index contributed by atoms with van der Waals surface area (Å²) >= 11 is 8.12. The number of likely N-dealkylation sites (tertiary alicyclic amines) is 2. The van der Waals surface area contributed by atoms with Gasteiger partial charge in [-0.2, -0.15) is 4.98 Å². The van der Waals surface area contributed by atoms with E-state index in [-0.39, 0.29) is 71.4 Å². The number of thiazole rings is 1. The maximum absolute atomic E-state index is 14.2. The number of carbonyl (C=O) groups excluding carboxylic acids is 3. The molecule has 398 valence electrons. The lowest BCUT2D eigenvalue weighted by molar-refractivity contribution is -0.144. The number of aromatic nitrogens is 3. The smallest absolute Gasteiger partial charge is 0.246 e. The molecule has 2 aromatic heterocycles. The van der Waals surface area contributed by atoms with Crippen LogP contribution in [0, 0.1) is 19.3 Å². The number of rotatable bonds is 20. The molecule has 2 fully saturated rings. The van der Waals surface area contributed by atoms with Crippen LogP contribution in [0.15, 0.2) is 77.3 Å². The highest BCUT2D eigenvalue weighted by Gasteiger charge is 2.44. The van der Waals surface area contributed by atoms with Crippen molar-refractivity contribution in [1.29, 1.82) is 0 Å². The summed E-state index contributed by atoms with van der Waals surface area (Å²) in [7, 11) is -3.59. The molecule has 3 amide bonds. The van der Waals surface area contributed by atoms with E-state index in [1.165, 1.54) is 16.7 Å². The molecule has 4 heterocycles. The normalized spacial score (nSPS) is 17.1. The molecule has 74 heavy (non-hydrogen) atoms. The number of nitrogens with zero attached hydrogens (tertiary/aromatic N) is 5. The first-order valence-corrected chi connectivity index (χ1v) is 28.4. The van der Waals surface area contributed by atoms with Gasteiger partial charge in [-0.3, -0.25) is 14.4 Å². The highest BCUT2D eigenvalue weighted by atomic mass is 35.5. The van der Waals surface area contributed by atoms with E-state index in [1.54, 1.807) is 49.4 Å². The monoisotopic (exact) mass is 1070 g/mol. The molecule has 2 aliphatic heterocycles. The van der Waals surface area contributed by atoms with Crippen LogP contribution in [-0.4, -0.2) is 112 Å². The van der Waals surface area contributed by atoms with Gasteiger partial charge in [0.05, 0.1) is 56.0 Å². The Morgan fingerprint density at radius 3 is 2.32 bits per heavy atom. The third-order valence-electron chi connectivity index (χ3n) is 13.7. The molecule has 2 aliphatic rings. The predicted molar refractivity (Wildman–Crippen MR) is 293 cm³/mol. The van der Waals surface area contributed by atoms with Crippen molar-refractivity contribution >= 4 is 73.6 Å². The minimum atomic E-state index is -3.59. The van der Waals surface area contributed by atoms with Gasteiger partial charge in [0, 0.05) is 25.9 Å². The van der Waals surface area contributed by atoms with Gasteiger partial charge < -0.3 is 40.9 Å². The number of piperidine rings is 1. The second kappa shape index (κ2) is 24.3. The second-order valence-electron chi connectivity index (χ2n) is 21.1. The van der Waals surface area contributed by atoms with Crippen molar-refractivity contribution in [2.24, 2.45) is 5.41 Å². The van der Waals surface area contributed by atoms with E-state index < -0.39 is 38.7 Å². The summed E-state index contributed by atoms with van der Waals surface area (Å²) in [6, 6.07) is 17.0. The predicted octanol–water partition coefficient (Wildman–Crippen LogP) is 9.49. The zero-order valence-corrected chi connectivity index (χ0v) is 46.4. The van der Waals surface area contributed by atoms with E-state index >= 15 is 0 Å². The largest absolute Gasteiger partial charge is 0.489 e. The van der Waals surface area contributed by atoms with E-state index in [0.717, 1.165) is 66.2 Å². The van der Waals surface area contributed by atoms with E-state index in [9.17, 15) is 27.9 Å². The maximum Gasteiger partial charge on any atom is 0.246 e. The first-order chi connectivity index (χ1) is 35.1. The number of nitrogens with one attached hydrogen (secondary N) is 4. The molecule has 0 spiro atoms. The Morgan fingerprint density at radius 1 is 0.946 bits per heavy atom. The number of halogens is 1. The molecule has 5 N–H and O–H groups in total. The lowest BCUT2D eigenvalue weighted by atomic mass is 9.85. The quantitative estimate of drug-likeness (QED) is 0.0461. The highest BCUT2D eigenvalue weighted by molar-refractivity contribution is 7.92. The van der Waals surface area contributed by atoms with Crippen molar-refractivity contribution < 1.29 is 32.6 Å². The third-order valence-corrected chi connectivity index (χ3v) is 17.1. The lowest BCUT2D eigenvalue weighted by Crippen LogP contribution is -2.57. The number of anilines is 4. The Kier molecular flexibility index (Phi) is 18.4. The zero-order valence-electron chi connectivity index (χ0n) is 44.0. The van der Waals surface area contributed by atoms with Crippen LogP contribution >= 0.6 is 22.9 Å². The number of para-hydroxylation sites is 1. The molecule has 3 atom stereocenters. The van der Waals surface area contributed by atoms with Crippen molar-refractivity contribution in [3.63, 3.8) is 0 Å². The van der Waals surface area contributed by atoms with Crippen LogP contribution in [0.25, 0.3) is 10.4 Å². The van der Waals surface area contributed by atoms with Crippen LogP contribution in [0.5, 0.6) is 5.75 Å². The fourth-order valence-corrected chi connectivity index (χ4v) is 11.7. The second-order valence-corrected chi connectivity index (χ2v) is 24.9. The van der Waals surface area contributed by atoms with Crippen LogP contribution in [0.3, 0.4) is 0 Å². The average Bonchev–Trinajstić information content (AvgIpc) is 3.98. The van der Waals surface area contributed by atoms with Gasteiger partial charge in [0.2, 0.25) is 23.7 Å². The van der Waals surface area contributed by atoms with Gasteiger partial charge in [-0.25, -0.2) is 18.4 Å². The Labute approximate surface area is 445 Å². The topological polar surface area (TPSA) is 208 Å².